The fourth-order valence-electron chi connectivity index (χ4n) is 3.66. The average Bonchev–Trinajstić information content (AvgIpc) is 2.72. The Morgan fingerprint density at radius 1 is 0.733 bits per heavy atom. The van der Waals surface area contributed by atoms with E-state index in [9.17, 15) is 13.6 Å². The zero-order valence-corrected chi connectivity index (χ0v) is 16.4. The molecule has 0 saturated carbocycles. The summed E-state index contributed by atoms with van der Waals surface area (Å²) in [5.74, 6) is -0.776. The zero-order valence-electron chi connectivity index (χ0n) is 16.4. The molecule has 4 heteroatoms. The number of ketones is 1. The molecule has 1 aliphatic heterocycles. The Hall–Kier alpha value is -3.37. The van der Waals surface area contributed by atoms with Crippen LogP contribution >= 0.6 is 0 Å². The van der Waals surface area contributed by atoms with Crippen molar-refractivity contribution in [2.24, 2.45) is 0 Å². The Kier molecular flexibility index (Phi) is 5.96. The number of hydrogen-bond acceptors (Lipinski definition) is 2. The van der Waals surface area contributed by atoms with Gasteiger partial charge >= 0.3 is 0 Å². The number of halogens is 2. The van der Waals surface area contributed by atoms with E-state index in [1.165, 1.54) is 24.3 Å². The maximum absolute atomic E-state index is 13.6. The predicted octanol–water partition coefficient (Wildman–Crippen LogP) is 5.52. The summed E-state index contributed by atoms with van der Waals surface area (Å²) in [7, 11) is 0. The summed E-state index contributed by atoms with van der Waals surface area (Å²) in [6.45, 7) is 1.60. The fraction of sp³-hybridized carbons (Fsp3) is 0.115. The van der Waals surface area contributed by atoms with Gasteiger partial charge in [0.05, 0.1) is 0 Å². The third-order valence-electron chi connectivity index (χ3n) is 5.00. The quantitative estimate of drug-likeness (QED) is 0.537. The lowest BCUT2D eigenvalue weighted by molar-refractivity contribution is -0.113. The highest BCUT2D eigenvalue weighted by Gasteiger charge is 2.26. The molecule has 0 bridgehead atoms. The topological polar surface area (TPSA) is 20.3 Å². The van der Waals surface area contributed by atoms with E-state index >= 15 is 0 Å². The Morgan fingerprint density at radius 3 is 1.77 bits per heavy atom. The molecule has 1 aliphatic rings. The van der Waals surface area contributed by atoms with E-state index in [1.54, 1.807) is 36.4 Å². The van der Waals surface area contributed by atoms with E-state index in [2.05, 4.69) is 4.90 Å². The van der Waals surface area contributed by atoms with Gasteiger partial charge in [-0.1, -0.05) is 54.6 Å². The molecule has 4 rings (SSSR count). The molecular formula is C26H21F2NO. The van der Waals surface area contributed by atoms with Gasteiger partial charge in [0, 0.05) is 30.8 Å². The molecule has 1 heterocycles. The lowest BCUT2D eigenvalue weighted by Crippen LogP contribution is -2.37. The number of carbonyl (C=O) groups excluding carboxylic acids is 1. The summed E-state index contributed by atoms with van der Waals surface area (Å²) in [6, 6.07) is 22.4. The van der Waals surface area contributed by atoms with Crippen LogP contribution in [0.3, 0.4) is 0 Å². The van der Waals surface area contributed by atoms with Gasteiger partial charge in [-0.05, 0) is 53.1 Å². The van der Waals surface area contributed by atoms with Crippen molar-refractivity contribution in [2.45, 2.75) is 6.54 Å². The molecule has 2 nitrogen and oxygen atoms in total. The molecule has 1 saturated heterocycles. The summed E-state index contributed by atoms with van der Waals surface area (Å²) >= 11 is 0. The molecule has 0 aromatic heterocycles. The standard InChI is InChI=1S/C26H21F2NO/c27-24-10-4-8-20(14-24)12-22-17-29(16-19-6-2-1-3-7-19)18-23(26(22)30)13-21-9-5-11-25(28)15-21/h1-15H,16-18H2. The number of piperidine rings is 1. The third kappa shape index (κ3) is 4.97. The van der Waals surface area contributed by atoms with E-state index in [0.717, 1.165) is 5.56 Å². The third-order valence-corrected chi connectivity index (χ3v) is 5.00. The second-order valence-corrected chi connectivity index (χ2v) is 7.41. The van der Waals surface area contributed by atoms with E-state index in [4.69, 9.17) is 0 Å². The van der Waals surface area contributed by atoms with Gasteiger partial charge in [0.15, 0.2) is 5.78 Å². The highest BCUT2D eigenvalue weighted by molar-refractivity contribution is 6.14. The molecule has 0 atom stereocenters. The van der Waals surface area contributed by atoms with Crippen molar-refractivity contribution < 1.29 is 13.6 Å². The molecule has 0 unspecified atom stereocenters. The Balaban J connectivity index is 1.69. The second kappa shape index (κ2) is 8.97. The Morgan fingerprint density at radius 2 is 1.27 bits per heavy atom. The van der Waals surface area contributed by atoms with Crippen molar-refractivity contribution in [3.63, 3.8) is 0 Å². The Labute approximate surface area is 174 Å². The van der Waals surface area contributed by atoms with Crippen LogP contribution in [0.2, 0.25) is 0 Å². The molecule has 0 N–H and O–H groups in total. The number of nitrogens with zero attached hydrogens (tertiary/aromatic N) is 1. The van der Waals surface area contributed by atoms with Crippen molar-refractivity contribution in [3.8, 4) is 0 Å². The molecule has 3 aromatic carbocycles. The molecule has 0 amide bonds. The summed E-state index contributed by atoms with van der Waals surface area (Å²) in [5, 5.41) is 0. The van der Waals surface area contributed by atoms with Crippen LogP contribution in [0.25, 0.3) is 12.2 Å². The molecule has 0 aliphatic carbocycles. The van der Waals surface area contributed by atoms with Crippen molar-refractivity contribution in [3.05, 3.63) is 118 Å². The van der Waals surface area contributed by atoms with Gasteiger partial charge in [0.2, 0.25) is 0 Å². The number of rotatable bonds is 4. The number of carbonyl (C=O) groups is 1. The van der Waals surface area contributed by atoms with Crippen LogP contribution < -0.4 is 0 Å². The Bertz CT molecular complexity index is 1050. The van der Waals surface area contributed by atoms with Gasteiger partial charge in [-0.15, -0.1) is 0 Å². The predicted molar refractivity (Wildman–Crippen MR) is 115 cm³/mol. The van der Waals surface area contributed by atoms with Crippen LogP contribution in [0, 0.1) is 11.6 Å². The van der Waals surface area contributed by atoms with Crippen molar-refractivity contribution >= 4 is 17.9 Å². The SMILES string of the molecule is O=C1C(=Cc2cccc(F)c2)CN(Cc2ccccc2)CC1=Cc1cccc(F)c1. The van der Waals surface area contributed by atoms with Crippen LogP contribution in [-0.2, 0) is 11.3 Å². The van der Waals surface area contributed by atoms with Crippen LogP contribution in [0.4, 0.5) is 8.78 Å². The molecule has 30 heavy (non-hydrogen) atoms. The summed E-state index contributed by atoms with van der Waals surface area (Å²) in [6.07, 6.45) is 3.48. The molecule has 0 spiro atoms. The minimum Gasteiger partial charge on any atom is -0.290 e. The lowest BCUT2D eigenvalue weighted by atomic mass is 9.94. The minimum absolute atomic E-state index is 0.0900. The van der Waals surface area contributed by atoms with Crippen molar-refractivity contribution in [1.82, 2.24) is 4.90 Å². The molecule has 150 valence electrons. The lowest BCUT2D eigenvalue weighted by Gasteiger charge is -2.30. The number of hydrogen-bond donors (Lipinski definition) is 0. The van der Waals surface area contributed by atoms with Crippen LogP contribution in [0.15, 0.2) is 90.0 Å². The fourth-order valence-corrected chi connectivity index (χ4v) is 3.66. The maximum Gasteiger partial charge on any atom is 0.187 e. The monoisotopic (exact) mass is 401 g/mol. The van der Waals surface area contributed by atoms with E-state index in [0.29, 0.717) is 41.9 Å². The average molecular weight is 401 g/mol. The van der Waals surface area contributed by atoms with E-state index in [-0.39, 0.29) is 17.4 Å². The summed E-state index contributed by atoms with van der Waals surface area (Å²) < 4.78 is 27.2. The largest absolute Gasteiger partial charge is 0.290 e. The first-order valence-electron chi connectivity index (χ1n) is 9.80. The van der Waals surface area contributed by atoms with Gasteiger partial charge in [0.1, 0.15) is 11.6 Å². The van der Waals surface area contributed by atoms with Gasteiger partial charge in [-0.3, -0.25) is 9.69 Å². The molecular weight excluding hydrogens is 380 g/mol. The molecule has 3 aromatic rings. The maximum atomic E-state index is 13.6. The van der Waals surface area contributed by atoms with Gasteiger partial charge in [-0.2, -0.15) is 0 Å². The van der Waals surface area contributed by atoms with Crippen LogP contribution in [0.1, 0.15) is 16.7 Å². The van der Waals surface area contributed by atoms with Crippen molar-refractivity contribution in [1.29, 1.82) is 0 Å². The normalized spacial score (nSPS) is 17.6. The highest BCUT2D eigenvalue weighted by atomic mass is 19.1. The first-order valence-corrected chi connectivity index (χ1v) is 9.80. The highest BCUT2D eigenvalue weighted by Crippen LogP contribution is 2.24. The molecule has 1 fully saturated rings. The second-order valence-electron chi connectivity index (χ2n) is 7.41. The van der Waals surface area contributed by atoms with Gasteiger partial charge < -0.3 is 0 Å². The smallest absolute Gasteiger partial charge is 0.187 e. The van der Waals surface area contributed by atoms with Gasteiger partial charge in [0.25, 0.3) is 0 Å². The van der Waals surface area contributed by atoms with Crippen LogP contribution in [-0.4, -0.2) is 23.8 Å². The number of likely N-dealkylation sites (tertiary alicyclic amines) is 1. The van der Waals surface area contributed by atoms with E-state index in [1.807, 2.05) is 30.3 Å². The summed E-state index contributed by atoms with van der Waals surface area (Å²) in [5.41, 5.74) is 3.60. The minimum atomic E-state index is -0.343. The molecule has 0 radical (unpaired) electrons. The van der Waals surface area contributed by atoms with Crippen molar-refractivity contribution in [2.75, 3.05) is 13.1 Å². The van der Waals surface area contributed by atoms with Crippen LogP contribution in [0.5, 0.6) is 0 Å². The number of benzene rings is 3. The van der Waals surface area contributed by atoms with E-state index < -0.39 is 0 Å². The zero-order chi connectivity index (χ0) is 20.9. The first kappa shape index (κ1) is 19.9. The first-order chi connectivity index (χ1) is 14.6. The summed E-state index contributed by atoms with van der Waals surface area (Å²) in [4.78, 5) is 15.3. The van der Waals surface area contributed by atoms with Gasteiger partial charge in [-0.25, -0.2) is 8.78 Å². The number of Topliss-reactive ketones (excluding diaryl/α,β-unsaturated/α-hetero) is 1.